The van der Waals surface area contributed by atoms with Gasteiger partial charge in [-0.1, -0.05) is 39.0 Å². The first kappa shape index (κ1) is 16.7. The number of pyridine rings is 2. The number of para-hydroxylation sites is 1. The van der Waals surface area contributed by atoms with E-state index in [1.165, 1.54) is 0 Å². The number of Topliss-reactive ketones (excluding diaryl/α,β-unsaturated/α-hetero) is 1. The van der Waals surface area contributed by atoms with Crippen LogP contribution >= 0.6 is 0 Å². The van der Waals surface area contributed by atoms with Crippen LogP contribution in [0.2, 0.25) is 0 Å². The second-order valence-corrected chi connectivity index (χ2v) is 7.03. The Labute approximate surface area is 152 Å². The molecule has 4 heteroatoms. The first-order valence-corrected chi connectivity index (χ1v) is 9.25. The normalized spacial score (nSPS) is 13.5. The molecule has 0 saturated heterocycles. The quantitative estimate of drug-likeness (QED) is 0.520. The minimum Gasteiger partial charge on any atom is -0.302 e. The molecule has 0 radical (unpaired) electrons. The molecule has 0 bridgehead atoms. The van der Waals surface area contributed by atoms with Crippen LogP contribution < -0.4 is 5.56 Å². The smallest absolute Gasteiger partial charge is 0.255 e. The third-order valence-electron chi connectivity index (χ3n) is 5.45. The second kappa shape index (κ2) is 6.20. The monoisotopic (exact) mass is 346 g/mol. The minimum absolute atomic E-state index is 0.0547. The second-order valence-electron chi connectivity index (χ2n) is 7.03. The largest absolute Gasteiger partial charge is 0.302 e. The topological polar surface area (TPSA) is 52.0 Å². The summed E-state index contributed by atoms with van der Waals surface area (Å²) in [6.07, 6.45) is 1.32. The predicted octanol–water partition coefficient (Wildman–Crippen LogP) is 4.22. The zero-order valence-electron chi connectivity index (χ0n) is 15.4. The van der Waals surface area contributed by atoms with Gasteiger partial charge < -0.3 is 4.57 Å². The first-order valence-electron chi connectivity index (χ1n) is 9.25. The number of hydrogen-bond donors (Lipinski definition) is 0. The fourth-order valence-corrected chi connectivity index (χ4v) is 3.73. The van der Waals surface area contributed by atoms with Crippen molar-refractivity contribution < 1.29 is 4.79 Å². The average molecular weight is 346 g/mol. The fraction of sp³-hybridized carbons (Fsp3) is 0.318. The van der Waals surface area contributed by atoms with Gasteiger partial charge in [-0.15, -0.1) is 0 Å². The van der Waals surface area contributed by atoms with Gasteiger partial charge in [0.25, 0.3) is 5.56 Å². The van der Waals surface area contributed by atoms with E-state index < -0.39 is 0 Å². The summed E-state index contributed by atoms with van der Waals surface area (Å²) in [6, 6.07) is 11.9. The van der Waals surface area contributed by atoms with Gasteiger partial charge >= 0.3 is 0 Å². The van der Waals surface area contributed by atoms with Crippen LogP contribution in [0.25, 0.3) is 22.3 Å². The molecule has 1 unspecified atom stereocenters. The Morgan fingerprint density at radius 3 is 2.73 bits per heavy atom. The molecule has 1 aliphatic rings. The van der Waals surface area contributed by atoms with Crippen molar-refractivity contribution in [2.45, 2.75) is 40.2 Å². The molecule has 0 aliphatic carbocycles. The van der Waals surface area contributed by atoms with Crippen LogP contribution in [-0.2, 0) is 13.0 Å². The maximum Gasteiger partial charge on any atom is 0.255 e. The highest BCUT2D eigenvalue weighted by molar-refractivity contribution is 6.00. The molecule has 1 aromatic carbocycles. The van der Waals surface area contributed by atoms with Gasteiger partial charge in [0, 0.05) is 28.0 Å². The van der Waals surface area contributed by atoms with Gasteiger partial charge in [0.15, 0.2) is 5.78 Å². The number of carbonyl (C=O) groups is 1. The van der Waals surface area contributed by atoms with Crippen molar-refractivity contribution in [1.82, 2.24) is 9.55 Å². The molecule has 132 valence electrons. The zero-order chi connectivity index (χ0) is 18.4. The lowest BCUT2D eigenvalue weighted by Gasteiger charge is -2.14. The molecule has 26 heavy (non-hydrogen) atoms. The van der Waals surface area contributed by atoms with E-state index in [2.05, 4.69) is 6.07 Å². The zero-order valence-corrected chi connectivity index (χ0v) is 15.4. The number of nitrogens with zero attached hydrogens (tertiary/aromatic N) is 2. The van der Waals surface area contributed by atoms with Crippen LogP contribution in [0.15, 0.2) is 41.2 Å². The Balaban J connectivity index is 1.97. The minimum atomic E-state index is -0.0896. The van der Waals surface area contributed by atoms with E-state index in [0.717, 1.165) is 34.3 Å². The molecule has 0 saturated carbocycles. The molecule has 1 aliphatic heterocycles. The van der Waals surface area contributed by atoms with Gasteiger partial charge in [-0.3, -0.25) is 9.59 Å². The Bertz CT molecular complexity index is 1100. The summed E-state index contributed by atoms with van der Waals surface area (Å²) < 4.78 is 1.77. The van der Waals surface area contributed by atoms with Gasteiger partial charge in [-0.25, -0.2) is 4.98 Å². The van der Waals surface area contributed by atoms with Crippen molar-refractivity contribution in [3.8, 4) is 11.4 Å². The summed E-state index contributed by atoms with van der Waals surface area (Å²) in [5.74, 6) is -0.0349. The Morgan fingerprint density at radius 1 is 1.23 bits per heavy atom. The molecule has 4 nitrogen and oxygen atoms in total. The van der Waals surface area contributed by atoms with Crippen LogP contribution in [0, 0.1) is 5.92 Å². The fourth-order valence-electron chi connectivity index (χ4n) is 3.73. The number of carbonyl (C=O) groups excluding carboxylic acids is 1. The van der Waals surface area contributed by atoms with E-state index in [4.69, 9.17) is 4.98 Å². The van der Waals surface area contributed by atoms with Gasteiger partial charge in [0.1, 0.15) is 0 Å². The molecule has 0 fully saturated rings. The number of aromatic nitrogens is 2. The highest BCUT2D eigenvalue weighted by Crippen LogP contribution is 2.33. The van der Waals surface area contributed by atoms with E-state index in [9.17, 15) is 9.59 Å². The van der Waals surface area contributed by atoms with Crippen LogP contribution in [-0.4, -0.2) is 15.3 Å². The Morgan fingerprint density at radius 2 is 2.00 bits per heavy atom. The molecular weight excluding hydrogens is 324 g/mol. The highest BCUT2D eigenvalue weighted by Gasteiger charge is 2.27. The number of ketones is 1. The van der Waals surface area contributed by atoms with Crippen molar-refractivity contribution >= 4 is 16.7 Å². The van der Waals surface area contributed by atoms with Crippen molar-refractivity contribution in [2.24, 2.45) is 5.92 Å². The summed E-state index contributed by atoms with van der Waals surface area (Å²) in [5.41, 5.74) is 4.66. The molecule has 1 atom stereocenters. The highest BCUT2D eigenvalue weighted by atomic mass is 16.1. The molecule has 0 N–H and O–H groups in total. The summed E-state index contributed by atoms with van der Waals surface area (Å²) in [4.78, 5) is 30.7. The van der Waals surface area contributed by atoms with E-state index in [1.807, 2.05) is 51.1 Å². The van der Waals surface area contributed by atoms with E-state index >= 15 is 0 Å². The first-order chi connectivity index (χ1) is 12.5. The van der Waals surface area contributed by atoms with E-state index in [-0.39, 0.29) is 17.3 Å². The maximum atomic E-state index is 13.1. The van der Waals surface area contributed by atoms with Crippen LogP contribution in [0.1, 0.15) is 48.7 Å². The Hall–Kier alpha value is -2.75. The molecular formula is C22H22N2O2. The molecule has 2 aromatic heterocycles. The lowest BCUT2D eigenvalue weighted by Crippen LogP contribution is -2.27. The summed E-state index contributed by atoms with van der Waals surface area (Å²) >= 11 is 0. The number of hydrogen-bond acceptors (Lipinski definition) is 3. The molecule has 0 amide bonds. The lowest BCUT2D eigenvalue weighted by molar-refractivity contribution is 0.0926. The van der Waals surface area contributed by atoms with E-state index in [1.54, 1.807) is 4.57 Å². The van der Waals surface area contributed by atoms with Gasteiger partial charge in [0.2, 0.25) is 0 Å². The van der Waals surface area contributed by atoms with Crippen molar-refractivity contribution in [3.63, 3.8) is 0 Å². The number of benzene rings is 1. The van der Waals surface area contributed by atoms with Gasteiger partial charge in [-0.05, 0) is 31.0 Å². The number of rotatable bonds is 4. The molecule has 3 heterocycles. The standard InChI is InChI=1S/C22H22N2O2/c1-4-13(3)21(25)17-11-19-20-15(12-24(19)22(26)16(17)5-2)10-14-8-6-7-9-18(14)23-20/h6-11,13H,4-5,12H2,1-3H3. The van der Waals surface area contributed by atoms with Gasteiger partial charge in [0.05, 0.1) is 23.4 Å². The van der Waals surface area contributed by atoms with Gasteiger partial charge in [-0.2, -0.15) is 0 Å². The maximum absolute atomic E-state index is 13.1. The number of fused-ring (bicyclic) bond motifs is 4. The van der Waals surface area contributed by atoms with Crippen LogP contribution in [0.3, 0.4) is 0 Å². The van der Waals surface area contributed by atoms with Crippen LogP contribution in [0.5, 0.6) is 0 Å². The summed E-state index contributed by atoms with van der Waals surface area (Å²) in [6.45, 7) is 6.38. The Kier molecular flexibility index (Phi) is 3.98. The van der Waals surface area contributed by atoms with Crippen molar-refractivity contribution in [2.75, 3.05) is 0 Å². The third-order valence-corrected chi connectivity index (χ3v) is 5.45. The molecule has 0 spiro atoms. The van der Waals surface area contributed by atoms with Crippen molar-refractivity contribution in [1.29, 1.82) is 0 Å². The van der Waals surface area contributed by atoms with Crippen LogP contribution in [0.4, 0.5) is 0 Å². The SMILES string of the molecule is CCc1c(C(=O)C(C)CC)cc2n(c1=O)Cc1cc3ccccc3nc1-2. The molecule has 4 rings (SSSR count). The van der Waals surface area contributed by atoms with E-state index in [0.29, 0.717) is 24.1 Å². The lowest BCUT2D eigenvalue weighted by atomic mass is 9.93. The third kappa shape index (κ3) is 2.40. The average Bonchev–Trinajstić information content (AvgIpc) is 3.02. The molecule has 3 aromatic rings. The van der Waals surface area contributed by atoms with Crippen molar-refractivity contribution in [3.05, 3.63) is 63.4 Å². The summed E-state index contributed by atoms with van der Waals surface area (Å²) in [7, 11) is 0. The summed E-state index contributed by atoms with van der Waals surface area (Å²) in [5, 5.41) is 1.07. The predicted molar refractivity (Wildman–Crippen MR) is 104 cm³/mol.